The van der Waals surface area contributed by atoms with E-state index in [0.29, 0.717) is 5.75 Å². The number of aromatic hydroxyl groups is 1. The Morgan fingerprint density at radius 3 is 2.66 bits per heavy atom. The van der Waals surface area contributed by atoms with Crippen molar-refractivity contribution >= 4 is 22.0 Å². The van der Waals surface area contributed by atoms with Gasteiger partial charge < -0.3 is 10.1 Å². The molecular formula is C31H31FN2O. The summed E-state index contributed by atoms with van der Waals surface area (Å²) in [6.45, 7) is 4.48. The largest absolute Gasteiger partial charge is 0.508 e. The zero-order valence-electron chi connectivity index (χ0n) is 20.2. The highest BCUT2D eigenvalue weighted by Crippen LogP contribution is 2.42. The number of alkyl halides is 1. The number of rotatable bonds is 5. The number of aryl methyl sites for hydroxylation is 2. The van der Waals surface area contributed by atoms with Crippen LogP contribution in [-0.2, 0) is 13.0 Å². The molecule has 0 radical (unpaired) electrons. The summed E-state index contributed by atoms with van der Waals surface area (Å²) < 4.78 is 12.8. The van der Waals surface area contributed by atoms with Crippen molar-refractivity contribution in [2.24, 2.45) is 5.92 Å². The lowest BCUT2D eigenvalue weighted by molar-refractivity contribution is 0.0728. The van der Waals surface area contributed by atoms with Crippen molar-refractivity contribution in [2.75, 3.05) is 19.8 Å². The van der Waals surface area contributed by atoms with Crippen LogP contribution in [0.1, 0.15) is 46.4 Å². The normalized spacial score (nSPS) is 16.9. The molecular weight excluding hydrogens is 435 g/mol. The van der Waals surface area contributed by atoms with Crippen molar-refractivity contribution in [1.29, 1.82) is 0 Å². The van der Waals surface area contributed by atoms with Gasteiger partial charge >= 0.3 is 0 Å². The van der Waals surface area contributed by atoms with Gasteiger partial charge in [-0.25, -0.2) is 0 Å². The molecule has 1 aliphatic heterocycles. The fourth-order valence-electron chi connectivity index (χ4n) is 5.86. The van der Waals surface area contributed by atoms with Crippen LogP contribution in [0, 0.1) is 12.8 Å². The number of likely N-dealkylation sites (tertiary alicyclic amines) is 1. The molecule has 178 valence electrons. The Morgan fingerprint density at radius 2 is 1.83 bits per heavy atom. The lowest BCUT2D eigenvalue weighted by Crippen LogP contribution is -2.46. The van der Waals surface area contributed by atoms with Gasteiger partial charge in [-0.1, -0.05) is 36.4 Å². The smallest absolute Gasteiger partial charge is 0.115 e. The topological polar surface area (TPSA) is 39.3 Å². The van der Waals surface area contributed by atoms with Gasteiger partial charge in [0.15, 0.2) is 0 Å². The van der Waals surface area contributed by atoms with Crippen LogP contribution in [0.25, 0.3) is 22.0 Å². The summed E-state index contributed by atoms with van der Waals surface area (Å²) in [6, 6.07) is 23.4. The van der Waals surface area contributed by atoms with E-state index >= 15 is 0 Å². The monoisotopic (exact) mass is 466 g/mol. The van der Waals surface area contributed by atoms with Crippen molar-refractivity contribution in [3.63, 3.8) is 0 Å². The first kappa shape index (κ1) is 22.1. The van der Waals surface area contributed by atoms with Crippen LogP contribution in [0.15, 0.2) is 66.7 Å². The van der Waals surface area contributed by atoms with E-state index in [9.17, 15) is 9.50 Å². The molecule has 4 aromatic rings. The highest BCUT2D eigenvalue weighted by Gasteiger charge is 2.27. The number of aromatic amines is 1. The van der Waals surface area contributed by atoms with E-state index in [-0.39, 0.29) is 12.6 Å². The molecule has 35 heavy (non-hydrogen) atoms. The van der Waals surface area contributed by atoms with Crippen molar-refractivity contribution in [2.45, 2.75) is 32.7 Å². The second-order valence-electron chi connectivity index (χ2n) is 10.2. The highest BCUT2D eigenvalue weighted by molar-refractivity contribution is 6.02. The lowest BCUT2D eigenvalue weighted by Gasteiger charge is -2.37. The average molecular weight is 467 g/mol. The van der Waals surface area contributed by atoms with Crippen LogP contribution in [-0.4, -0.2) is 34.8 Å². The molecule has 1 aliphatic carbocycles. The summed E-state index contributed by atoms with van der Waals surface area (Å²) in [7, 11) is 0. The predicted octanol–water partition coefficient (Wildman–Crippen LogP) is 6.88. The molecule has 1 fully saturated rings. The third-order valence-corrected chi connectivity index (χ3v) is 7.61. The zero-order chi connectivity index (χ0) is 23.9. The Hall–Kier alpha value is -3.37. The second-order valence-corrected chi connectivity index (χ2v) is 10.2. The van der Waals surface area contributed by atoms with E-state index in [1.165, 1.54) is 50.0 Å². The van der Waals surface area contributed by atoms with Crippen LogP contribution >= 0.6 is 0 Å². The number of phenols is 1. The fourth-order valence-corrected chi connectivity index (χ4v) is 5.86. The molecule has 3 nitrogen and oxygen atoms in total. The molecule has 3 aromatic carbocycles. The van der Waals surface area contributed by atoms with Gasteiger partial charge in [0, 0.05) is 42.1 Å². The highest BCUT2D eigenvalue weighted by atomic mass is 19.1. The Kier molecular flexibility index (Phi) is 5.69. The van der Waals surface area contributed by atoms with Gasteiger partial charge in [0.2, 0.25) is 0 Å². The Labute approximate surface area is 205 Å². The summed E-state index contributed by atoms with van der Waals surface area (Å²) in [4.78, 5) is 5.86. The van der Waals surface area contributed by atoms with Crippen molar-refractivity contribution in [1.82, 2.24) is 9.88 Å². The predicted molar refractivity (Wildman–Crippen MR) is 141 cm³/mol. The number of hydrogen-bond acceptors (Lipinski definition) is 2. The van der Waals surface area contributed by atoms with E-state index in [0.717, 1.165) is 44.4 Å². The number of phenolic OH excluding ortho intramolecular Hbond substituents is 1. The molecule has 0 atom stereocenters. The maximum absolute atomic E-state index is 12.8. The SMILES string of the molecule is Cc1ccccc1C1=C(c2ccc3[nH]c(CN4CC(CF)C4)cc3c2)c2ccc(O)cc2CCC1. The third kappa shape index (κ3) is 4.17. The van der Waals surface area contributed by atoms with Crippen molar-refractivity contribution < 1.29 is 9.50 Å². The molecule has 4 heteroatoms. The minimum atomic E-state index is -0.218. The molecule has 2 heterocycles. The van der Waals surface area contributed by atoms with E-state index < -0.39 is 0 Å². The minimum absolute atomic E-state index is 0.201. The van der Waals surface area contributed by atoms with E-state index in [4.69, 9.17) is 0 Å². The molecule has 1 aromatic heterocycles. The first-order valence-electron chi connectivity index (χ1n) is 12.6. The Morgan fingerprint density at radius 1 is 0.971 bits per heavy atom. The fraction of sp³-hybridized carbons (Fsp3) is 0.290. The van der Waals surface area contributed by atoms with E-state index in [1.807, 2.05) is 12.1 Å². The van der Waals surface area contributed by atoms with Crippen LogP contribution in [0.5, 0.6) is 5.75 Å². The standard InChI is InChI=1S/C31H31FN2O/c1-20-5-2-3-7-27(20)29-8-4-6-22-15-26(35)10-11-28(22)31(29)23-9-12-30-24(13-23)14-25(33-30)19-34-17-21(16-32)18-34/h2-3,5,7,9-15,21,33,35H,4,6,8,16-19H2,1H3. The summed E-state index contributed by atoms with van der Waals surface area (Å²) in [6.07, 6.45) is 3.00. The van der Waals surface area contributed by atoms with Gasteiger partial charge in [-0.3, -0.25) is 9.29 Å². The molecule has 0 unspecified atom stereocenters. The molecule has 0 bridgehead atoms. The second kappa shape index (κ2) is 9.01. The first-order chi connectivity index (χ1) is 17.1. The van der Waals surface area contributed by atoms with Crippen LogP contribution in [0.3, 0.4) is 0 Å². The van der Waals surface area contributed by atoms with Crippen molar-refractivity contribution in [3.05, 3.63) is 100 Å². The Bertz CT molecular complexity index is 1430. The van der Waals surface area contributed by atoms with Gasteiger partial charge in [-0.2, -0.15) is 0 Å². The maximum atomic E-state index is 12.8. The van der Waals surface area contributed by atoms with Crippen LogP contribution < -0.4 is 0 Å². The van der Waals surface area contributed by atoms with Crippen LogP contribution in [0.2, 0.25) is 0 Å². The number of fused-ring (bicyclic) bond motifs is 2. The number of H-pyrrole nitrogens is 1. The van der Waals surface area contributed by atoms with Gasteiger partial charge in [-0.15, -0.1) is 0 Å². The minimum Gasteiger partial charge on any atom is -0.508 e. The van der Waals surface area contributed by atoms with Crippen LogP contribution in [0.4, 0.5) is 4.39 Å². The zero-order valence-corrected chi connectivity index (χ0v) is 20.2. The molecule has 2 aliphatic rings. The average Bonchev–Trinajstić information content (AvgIpc) is 3.14. The van der Waals surface area contributed by atoms with E-state index in [1.54, 1.807) is 0 Å². The number of benzene rings is 3. The maximum Gasteiger partial charge on any atom is 0.115 e. The molecule has 0 saturated carbocycles. The summed E-state index contributed by atoms with van der Waals surface area (Å²) in [5, 5.41) is 11.4. The van der Waals surface area contributed by atoms with Gasteiger partial charge in [0.25, 0.3) is 0 Å². The number of hydrogen-bond donors (Lipinski definition) is 2. The number of halogens is 1. The molecule has 2 N–H and O–H groups in total. The molecule has 0 spiro atoms. The summed E-state index contributed by atoms with van der Waals surface area (Å²) in [5.41, 5.74) is 11.2. The number of allylic oxidation sites excluding steroid dienone is 1. The molecule has 6 rings (SSSR count). The van der Waals surface area contributed by atoms with Crippen molar-refractivity contribution in [3.8, 4) is 5.75 Å². The van der Waals surface area contributed by atoms with Gasteiger partial charge in [0.1, 0.15) is 5.75 Å². The molecule has 1 saturated heterocycles. The number of nitrogens with zero attached hydrogens (tertiary/aromatic N) is 1. The van der Waals surface area contributed by atoms with E-state index in [2.05, 4.69) is 71.4 Å². The quantitative estimate of drug-likeness (QED) is 0.337. The van der Waals surface area contributed by atoms with Gasteiger partial charge in [0.05, 0.1) is 6.67 Å². The third-order valence-electron chi connectivity index (χ3n) is 7.61. The number of nitrogens with one attached hydrogen (secondary N) is 1. The Balaban J connectivity index is 1.46. The lowest BCUT2D eigenvalue weighted by atomic mass is 9.86. The first-order valence-corrected chi connectivity index (χ1v) is 12.6. The molecule has 0 amide bonds. The summed E-state index contributed by atoms with van der Waals surface area (Å²) in [5.74, 6) is 0.529. The van der Waals surface area contributed by atoms with Gasteiger partial charge in [-0.05, 0) is 95.5 Å². The summed E-state index contributed by atoms with van der Waals surface area (Å²) >= 11 is 0. The number of aromatic nitrogens is 1.